The lowest BCUT2D eigenvalue weighted by Gasteiger charge is -1.98. The zero-order valence-electron chi connectivity index (χ0n) is 13.5. The van der Waals surface area contributed by atoms with Crippen molar-refractivity contribution in [2.75, 3.05) is 6.61 Å². The first-order valence-electron chi connectivity index (χ1n) is 8.20. The zero-order chi connectivity index (χ0) is 16.3. The van der Waals surface area contributed by atoms with E-state index < -0.39 is 5.97 Å². The van der Waals surface area contributed by atoms with E-state index in [2.05, 4.69) is 35.3 Å². The van der Waals surface area contributed by atoms with Crippen molar-refractivity contribution in [3.63, 3.8) is 0 Å². The van der Waals surface area contributed by atoms with Gasteiger partial charge in [0.25, 0.3) is 0 Å². The van der Waals surface area contributed by atoms with Gasteiger partial charge in [0.15, 0.2) is 0 Å². The number of rotatable bonds is 15. The van der Waals surface area contributed by atoms with Gasteiger partial charge in [0.1, 0.15) is 0 Å². The van der Waals surface area contributed by atoms with Gasteiger partial charge < -0.3 is 5.11 Å². The quantitative estimate of drug-likeness (QED) is 0.190. The molecule has 0 atom stereocenters. The SMILES string of the molecule is O=C(O)CCCCCCCC=CCC=CCC=CCCOO. The highest BCUT2D eigenvalue weighted by atomic mass is 17.1. The van der Waals surface area contributed by atoms with Gasteiger partial charge in [-0.05, 0) is 38.5 Å². The van der Waals surface area contributed by atoms with Crippen LogP contribution in [0.5, 0.6) is 0 Å². The number of carboxylic acids is 1. The lowest BCUT2D eigenvalue weighted by Crippen LogP contribution is -1.93. The van der Waals surface area contributed by atoms with Crippen molar-refractivity contribution in [2.24, 2.45) is 0 Å². The Bertz CT molecular complexity index is 332. The Morgan fingerprint density at radius 1 is 0.773 bits per heavy atom. The van der Waals surface area contributed by atoms with Crippen LogP contribution in [0.3, 0.4) is 0 Å². The second kappa shape index (κ2) is 17.7. The summed E-state index contributed by atoms with van der Waals surface area (Å²) in [4.78, 5) is 14.3. The maximum absolute atomic E-state index is 10.3. The molecule has 0 radical (unpaired) electrons. The number of allylic oxidation sites excluding steroid dienone is 5. The van der Waals surface area contributed by atoms with Crippen LogP contribution in [-0.2, 0) is 9.68 Å². The topological polar surface area (TPSA) is 66.8 Å². The molecule has 0 spiro atoms. The maximum atomic E-state index is 10.3. The third-order valence-electron chi connectivity index (χ3n) is 3.18. The Balaban J connectivity index is 3.26. The third-order valence-corrected chi connectivity index (χ3v) is 3.18. The summed E-state index contributed by atoms with van der Waals surface area (Å²) in [7, 11) is 0. The monoisotopic (exact) mass is 310 g/mol. The van der Waals surface area contributed by atoms with Crippen LogP contribution >= 0.6 is 0 Å². The highest BCUT2D eigenvalue weighted by Gasteiger charge is 1.95. The minimum atomic E-state index is -0.689. The fraction of sp³-hybridized carbons (Fsp3) is 0.611. The van der Waals surface area contributed by atoms with Gasteiger partial charge in [-0.1, -0.05) is 55.7 Å². The molecule has 0 aliphatic rings. The summed E-state index contributed by atoms with van der Waals surface area (Å²) >= 11 is 0. The summed E-state index contributed by atoms with van der Waals surface area (Å²) in [6, 6.07) is 0. The van der Waals surface area contributed by atoms with Crippen LogP contribution < -0.4 is 0 Å². The summed E-state index contributed by atoms with van der Waals surface area (Å²) in [6.07, 6.45) is 22.1. The van der Waals surface area contributed by atoms with Crippen LogP contribution in [0.4, 0.5) is 0 Å². The molecule has 0 rings (SSSR count). The van der Waals surface area contributed by atoms with E-state index in [4.69, 9.17) is 10.4 Å². The van der Waals surface area contributed by atoms with E-state index in [9.17, 15) is 4.79 Å². The van der Waals surface area contributed by atoms with Crippen molar-refractivity contribution in [3.8, 4) is 0 Å². The Hall–Kier alpha value is -1.39. The first-order valence-corrected chi connectivity index (χ1v) is 8.20. The van der Waals surface area contributed by atoms with Gasteiger partial charge in [-0.15, -0.1) is 0 Å². The molecular weight excluding hydrogens is 280 g/mol. The van der Waals surface area contributed by atoms with Crippen molar-refractivity contribution < 1.29 is 20.0 Å². The molecule has 0 aliphatic heterocycles. The lowest BCUT2D eigenvalue weighted by molar-refractivity contribution is -0.240. The number of carbonyl (C=O) groups is 1. The molecule has 0 bridgehead atoms. The molecule has 2 N–H and O–H groups in total. The summed E-state index contributed by atoms with van der Waals surface area (Å²) in [5.41, 5.74) is 0. The molecule has 0 unspecified atom stereocenters. The summed E-state index contributed by atoms with van der Waals surface area (Å²) in [6.45, 7) is 0.350. The average molecular weight is 310 g/mol. The average Bonchev–Trinajstić information content (AvgIpc) is 2.50. The second-order valence-corrected chi connectivity index (χ2v) is 5.21. The van der Waals surface area contributed by atoms with E-state index >= 15 is 0 Å². The molecule has 0 saturated carbocycles. The predicted molar refractivity (Wildman–Crippen MR) is 89.8 cm³/mol. The highest BCUT2D eigenvalue weighted by Crippen LogP contribution is 2.07. The Morgan fingerprint density at radius 3 is 1.95 bits per heavy atom. The van der Waals surface area contributed by atoms with E-state index in [1.165, 1.54) is 12.8 Å². The van der Waals surface area contributed by atoms with E-state index in [0.717, 1.165) is 44.9 Å². The molecule has 4 nitrogen and oxygen atoms in total. The number of hydrogen-bond donors (Lipinski definition) is 2. The molecule has 22 heavy (non-hydrogen) atoms. The van der Waals surface area contributed by atoms with E-state index in [1.54, 1.807) is 0 Å². The minimum Gasteiger partial charge on any atom is -0.481 e. The summed E-state index contributed by atoms with van der Waals surface area (Å²) in [5, 5.41) is 16.6. The molecule has 0 aromatic heterocycles. The van der Waals surface area contributed by atoms with Crippen LogP contribution in [-0.4, -0.2) is 22.9 Å². The second-order valence-electron chi connectivity index (χ2n) is 5.21. The smallest absolute Gasteiger partial charge is 0.303 e. The first kappa shape index (κ1) is 20.6. The number of hydrogen-bond acceptors (Lipinski definition) is 3. The van der Waals surface area contributed by atoms with Gasteiger partial charge in [0.2, 0.25) is 0 Å². The maximum Gasteiger partial charge on any atom is 0.303 e. The first-order chi connectivity index (χ1) is 10.8. The largest absolute Gasteiger partial charge is 0.481 e. The zero-order valence-corrected chi connectivity index (χ0v) is 13.5. The van der Waals surface area contributed by atoms with Crippen molar-refractivity contribution in [3.05, 3.63) is 36.5 Å². The van der Waals surface area contributed by atoms with Gasteiger partial charge >= 0.3 is 5.97 Å². The molecule has 0 aliphatic carbocycles. The molecule has 0 saturated heterocycles. The van der Waals surface area contributed by atoms with Crippen LogP contribution in [0.15, 0.2) is 36.5 Å². The molecular formula is C18H30O4. The number of carboxylic acid groups (broad SMARTS) is 1. The molecule has 126 valence electrons. The van der Waals surface area contributed by atoms with Crippen LogP contribution in [0, 0.1) is 0 Å². The fourth-order valence-corrected chi connectivity index (χ4v) is 1.97. The van der Waals surface area contributed by atoms with Gasteiger partial charge in [0, 0.05) is 6.42 Å². The van der Waals surface area contributed by atoms with Crippen molar-refractivity contribution in [1.29, 1.82) is 0 Å². The van der Waals surface area contributed by atoms with E-state index in [1.807, 2.05) is 6.08 Å². The lowest BCUT2D eigenvalue weighted by atomic mass is 10.1. The summed E-state index contributed by atoms with van der Waals surface area (Å²) in [5.74, 6) is -0.689. The number of aliphatic carboxylic acids is 1. The fourth-order valence-electron chi connectivity index (χ4n) is 1.97. The predicted octanol–water partition coefficient (Wildman–Crippen LogP) is 5.13. The molecule has 0 amide bonds. The summed E-state index contributed by atoms with van der Waals surface area (Å²) < 4.78 is 0. The minimum absolute atomic E-state index is 0.302. The van der Waals surface area contributed by atoms with Crippen molar-refractivity contribution >= 4 is 5.97 Å². The standard InChI is InChI=1S/C18H30O4/c19-18(20)16-14-12-10-8-6-4-2-1-3-5-7-9-11-13-15-17-22-21/h1-2,5,7,11,13,21H,3-4,6,8-10,12,14-17H2,(H,19,20). The van der Waals surface area contributed by atoms with Crippen molar-refractivity contribution in [1.82, 2.24) is 0 Å². The van der Waals surface area contributed by atoms with Gasteiger partial charge in [-0.3, -0.25) is 10.1 Å². The third kappa shape index (κ3) is 18.6. The molecule has 0 fully saturated rings. The molecule has 0 aromatic carbocycles. The van der Waals surface area contributed by atoms with E-state index in [-0.39, 0.29) is 0 Å². The van der Waals surface area contributed by atoms with Crippen LogP contribution in [0.25, 0.3) is 0 Å². The van der Waals surface area contributed by atoms with Crippen molar-refractivity contribution in [2.45, 2.75) is 64.2 Å². The van der Waals surface area contributed by atoms with E-state index in [0.29, 0.717) is 13.0 Å². The Morgan fingerprint density at radius 2 is 1.32 bits per heavy atom. The normalized spacial score (nSPS) is 12.0. The van der Waals surface area contributed by atoms with Gasteiger partial charge in [-0.25, -0.2) is 4.89 Å². The van der Waals surface area contributed by atoms with Gasteiger partial charge in [-0.2, -0.15) is 0 Å². The molecule has 4 heteroatoms. The molecule has 0 aromatic rings. The van der Waals surface area contributed by atoms with Crippen LogP contribution in [0.1, 0.15) is 64.2 Å². The Kier molecular flexibility index (Phi) is 16.5. The van der Waals surface area contributed by atoms with Crippen LogP contribution in [0.2, 0.25) is 0 Å². The molecule has 0 heterocycles. The highest BCUT2D eigenvalue weighted by molar-refractivity contribution is 5.66. The number of unbranched alkanes of at least 4 members (excludes halogenated alkanes) is 5. The Labute approximate surface area is 134 Å². The van der Waals surface area contributed by atoms with Gasteiger partial charge in [0.05, 0.1) is 6.61 Å².